The van der Waals surface area contributed by atoms with E-state index in [1.807, 2.05) is 0 Å². The highest BCUT2D eigenvalue weighted by atomic mass is 16.5. The zero-order chi connectivity index (χ0) is 29.6. The van der Waals surface area contributed by atoms with Crippen LogP contribution >= 0.6 is 0 Å². The average molecular weight is 575 g/mol. The van der Waals surface area contributed by atoms with Crippen LogP contribution in [0.5, 0.6) is 11.5 Å². The Labute approximate surface area is 254 Å². The summed E-state index contributed by atoms with van der Waals surface area (Å²) in [5.41, 5.74) is 0.0187. The number of hydrogen-bond donors (Lipinski definition) is 2. The van der Waals surface area contributed by atoms with Crippen LogP contribution in [0.15, 0.2) is 18.2 Å². The van der Waals surface area contributed by atoms with Gasteiger partial charge in [0.05, 0.1) is 6.61 Å². The minimum Gasteiger partial charge on any atom is -0.504 e. The highest BCUT2D eigenvalue weighted by molar-refractivity contribution is 5.93. The van der Waals surface area contributed by atoms with Crippen molar-refractivity contribution in [3.63, 3.8) is 0 Å². The Morgan fingerprint density at radius 3 is 1.17 bits per heavy atom. The Balaban J connectivity index is 1.70. The molecule has 1 rings (SSSR count). The first kappa shape index (κ1) is 37.3. The van der Waals surface area contributed by atoms with Crippen LogP contribution in [-0.4, -0.2) is 22.8 Å². The maximum absolute atomic E-state index is 12.0. The molecular weight excluding hydrogens is 508 g/mol. The fourth-order valence-corrected chi connectivity index (χ4v) is 5.71. The molecule has 0 spiro atoms. The standard InChI is InChI=1S/C37H66O4/c1-2-3-4-5-6-7-8-9-10-11-12-13-14-15-16-17-18-19-20-21-22-23-24-25-26-27-28-29-33-41-37(40)34-31-30-32-35(38)36(34)39/h30-32,38-39H,2-29,33H2,1H3. The highest BCUT2D eigenvalue weighted by Crippen LogP contribution is 2.28. The van der Waals surface area contributed by atoms with Gasteiger partial charge < -0.3 is 14.9 Å². The second-order valence-corrected chi connectivity index (χ2v) is 12.4. The lowest BCUT2D eigenvalue weighted by Crippen LogP contribution is -2.06. The lowest BCUT2D eigenvalue weighted by molar-refractivity contribution is 0.0493. The molecule has 4 heteroatoms. The maximum Gasteiger partial charge on any atom is 0.342 e. The molecule has 0 radical (unpaired) electrons. The number of aromatic hydroxyl groups is 2. The molecule has 0 saturated heterocycles. The van der Waals surface area contributed by atoms with Crippen molar-refractivity contribution in [2.24, 2.45) is 0 Å². The lowest BCUT2D eigenvalue weighted by atomic mass is 10.0. The van der Waals surface area contributed by atoms with Gasteiger partial charge in [-0.2, -0.15) is 0 Å². The smallest absolute Gasteiger partial charge is 0.342 e. The molecule has 0 unspecified atom stereocenters. The number of phenolic OH excluding ortho intramolecular Hbond substituents is 2. The van der Waals surface area contributed by atoms with Crippen LogP contribution in [-0.2, 0) is 4.74 Å². The van der Waals surface area contributed by atoms with Crippen LogP contribution in [0.1, 0.15) is 197 Å². The van der Waals surface area contributed by atoms with Gasteiger partial charge in [-0.15, -0.1) is 0 Å². The first-order valence-corrected chi connectivity index (χ1v) is 17.8. The monoisotopic (exact) mass is 574 g/mol. The predicted octanol–water partition coefficient (Wildman–Crippen LogP) is 12.2. The predicted molar refractivity (Wildman–Crippen MR) is 175 cm³/mol. The van der Waals surface area contributed by atoms with E-state index in [1.54, 1.807) is 0 Å². The van der Waals surface area contributed by atoms with E-state index in [4.69, 9.17) is 4.74 Å². The normalized spacial score (nSPS) is 11.2. The highest BCUT2D eigenvalue weighted by Gasteiger charge is 2.14. The molecular formula is C37H66O4. The van der Waals surface area contributed by atoms with Crippen LogP contribution in [0.2, 0.25) is 0 Å². The third kappa shape index (κ3) is 22.5. The van der Waals surface area contributed by atoms with Gasteiger partial charge in [0.1, 0.15) is 5.56 Å². The molecule has 0 aliphatic heterocycles. The zero-order valence-electron chi connectivity index (χ0n) is 26.9. The van der Waals surface area contributed by atoms with Crippen molar-refractivity contribution in [2.75, 3.05) is 6.61 Å². The Bertz CT molecular complexity index is 717. The topological polar surface area (TPSA) is 66.8 Å². The maximum atomic E-state index is 12.0. The number of ether oxygens (including phenoxy) is 1. The first-order valence-electron chi connectivity index (χ1n) is 17.8. The molecule has 0 aliphatic rings. The molecule has 0 aromatic heterocycles. The fraction of sp³-hybridized carbons (Fsp3) is 0.811. The minimum absolute atomic E-state index is 0.0187. The quantitative estimate of drug-likeness (QED) is 0.0545. The second kappa shape index (κ2) is 28.4. The van der Waals surface area contributed by atoms with Crippen LogP contribution in [0.25, 0.3) is 0 Å². The van der Waals surface area contributed by atoms with E-state index in [0.29, 0.717) is 6.61 Å². The van der Waals surface area contributed by atoms with Crippen LogP contribution in [0.4, 0.5) is 0 Å². The Morgan fingerprint density at radius 2 is 0.829 bits per heavy atom. The van der Waals surface area contributed by atoms with Crippen molar-refractivity contribution in [3.05, 3.63) is 23.8 Å². The molecule has 0 amide bonds. The summed E-state index contributed by atoms with van der Waals surface area (Å²) in [6.07, 6.45) is 38.6. The SMILES string of the molecule is CCCCCCCCCCCCCCCCCCCCCCCCCCCCCCOC(=O)c1cccc(O)c1O. The summed E-state index contributed by atoms with van der Waals surface area (Å²) in [6.45, 7) is 2.65. The lowest BCUT2D eigenvalue weighted by Gasteiger charge is -2.07. The van der Waals surface area contributed by atoms with Crippen molar-refractivity contribution in [3.8, 4) is 11.5 Å². The van der Waals surface area contributed by atoms with Gasteiger partial charge in [-0.1, -0.05) is 186 Å². The molecule has 238 valence electrons. The van der Waals surface area contributed by atoms with Crippen LogP contribution in [0, 0.1) is 0 Å². The summed E-state index contributed by atoms with van der Waals surface area (Å²) >= 11 is 0. The van der Waals surface area contributed by atoms with E-state index in [9.17, 15) is 15.0 Å². The first-order chi connectivity index (χ1) is 20.2. The van der Waals surface area contributed by atoms with Crippen molar-refractivity contribution in [2.45, 2.75) is 187 Å². The van der Waals surface area contributed by atoms with Gasteiger partial charge in [-0.3, -0.25) is 0 Å². The minimum atomic E-state index is -0.580. The number of carbonyl (C=O) groups is 1. The summed E-state index contributed by atoms with van der Waals surface area (Å²) in [6, 6.07) is 4.32. The molecule has 1 aromatic rings. The van der Waals surface area contributed by atoms with Gasteiger partial charge in [0.2, 0.25) is 0 Å². The van der Waals surface area contributed by atoms with Crippen LogP contribution in [0.3, 0.4) is 0 Å². The van der Waals surface area contributed by atoms with E-state index < -0.39 is 11.7 Å². The molecule has 0 fully saturated rings. The molecule has 4 nitrogen and oxygen atoms in total. The van der Waals surface area contributed by atoms with Crippen molar-refractivity contribution in [1.29, 1.82) is 0 Å². The third-order valence-corrected chi connectivity index (χ3v) is 8.47. The number of unbranched alkanes of at least 4 members (excludes halogenated alkanes) is 27. The van der Waals surface area contributed by atoms with E-state index in [-0.39, 0.29) is 11.3 Å². The van der Waals surface area contributed by atoms with Crippen molar-refractivity contribution >= 4 is 5.97 Å². The molecule has 0 saturated carbocycles. The van der Waals surface area contributed by atoms with Gasteiger partial charge in [-0.05, 0) is 18.6 Å². The summed E-state index contributed by atoms with van der Waals surface area (Å²) in [7, 11) is 0. The van der Waals surface area contributed by atoms with Gasteiger partial charge in [0.15, 0.2) is 11.5 Å². The largest absolute Gasteiger partial charge is 0.504 e. The van der Waals surface area contributed by atoms with Gasteiger partial charge >= 0.3 is 5.97 Å². The second-order valence-electron chi connectivity index (χ2n) is 12.4. The van der Waals surface area contributed by atoms with E-state index in [1.165, 1.54) is 185 Å². The number of hydrogen-bond acceptors (Lipinski definition) is 4. The zero-order valence-corrected chi connectivity index (χ0v) is 26.9. The number of rotatable bonds is 30. The number of esters is 1. The van der Waals surface area contributed by atoms with Crippen LogP contribution < -0.4 is 0 Å². The summed E-state index contributed by atoms with van der Waals surface area (Å²) in [5, 5.41) is 19.2. The number of phenols is 2. The van der Waals surface area contributed by atoms with Crippen molar-refractivity contribution in [1.82, 2.24) is 0 Å². The van der Waals surface area contributed by atoms with Crippen molar-refractivity contribution < 1.29 is 19.7 Å². The average Bonchev–Trinajstić information content (AvgIpc) is 2.97. The van der Waals surface area contributed by atoms with E-state index >= 15 is 0 Å². The Hall–Kier alpha value is -1.71. The number of benzene rings is 1. The number of carbonyl (C=O) groups excluding carboxylic acids is 1. The molecule has 0 heterocycles. The molecule has 0 aliphatic carbocycles. The molecule has 0 bridgehead atoms. The number of para-hydroxylation sites is 1. The molecule has 0 atom stereocenters. The van der Waals surface area contributed by atoms with E-state index in [0.717, 1.165) is 12.8 Å². The van der Waals surface area contributed by atoms with E-state index in [2.05, 4.69) is 6.92 Å². The molecule has 41 heavy (non-hydrogen) atoms. The molecule has 1 aromatic carbocycles. The summed E-state index contributed by atoms with van der Waals surface area (Å²) in [4.78, 5) is 12.0. The fourth-order valence-electron chi connectivity index (χ4n) is 5.71. The molecule has 2 N–H and O–H groups in total. The Kier molecular flexibility index (Phi) is 25.9. The Morgan fingerprint density at radius 1 is 0.512 bits per heavy atom. The summed E-state index contributed by atoms with van der Waals surface area (Å²) in [5.74, 6) is -1.29. The van der Waals surface area contributed by atoms with Gasteiger partial charge in [0.25, 0.3) is 0 Å². The third-order valence-electron chi connectivity index (χ3n) is 8.47. The van der Waals surface area contributed by atoms with Gasteiger partial charge in [-0.25, -0.2) is 4.79 Å². The summed E-state index contributed by atoms with van der Waals surface area (Å²) < 4.78 is 5.21. The van der Waals surface area contributed by atoms with Gasteiger partial charge in [0, 0.05) is 0 Å².